The Morgan fingerprint density at radius 3 is 2.75 bits per heavy atom. The molecule has 7 heteroatoms. The number of aromatic nitrogens is 1. The van der Waals surface area contributed by atoms with Gasteiger partial charge in [0.15, 0.2) is 0 Å². The average molecular weight is 224 g/mol. The molecular formula is C9H8N2O5. The fraction of sp³-hybridized carbons (Fsp3) is 0.333. The van der Waals surface area contributed by atoms with Crippen LogP contribution in [-0.4, -0.2) is 27.1 Å². The van der Waals surface area contributed by atoms with Crippen molar-refractivity contribution in [3.63, 3.8) is 0 Å². The quantitative estimate of drug-likeness (QED) is 0.609. The Bertz CT molecular complexity index is 423. The topological polar surface area (TPSA) is 103 Å². The van der Waals surface area contributed by atoms with Gasteiger partial charge >= 0.3 is 11.7 Å². The van der Waals surface area contributed by atoms with Crippen LogP contribution in [0.4, 0.5) is 5.69 Å². The number of carboxylic acid groups (broad SMARTS) is 1. The first-order valence-electron chi connectivity index (χ1n) is 4.62. The maximum absolute atomic E-state index is 10.9. The number of nitro groups is 1. The molecule has 2 rings (SSSR count). The summed E-state index contributed by atoms with van der Waals surface area (Å²) >= 11 is 0. The minimum atomic E-state index is -1.29. The van der Waals surface area contributed by atoms with Crippen molar-refractivity contribution in [3.05, 3.63) is 28.1 Å². The van der Waals surface area contributed by atoms with Crippen LogP contribution in [0.15, 0.2) is 12.4 Å². The van der Waals surface area contributed by atoms with Crippen molar-refractivity contribution in [1.29, 1.82) is 0 Å². The molecule has 1 aromatic heterocycles. The molecule has 1 heterocycles. The summed E-state index contributed by atoms with van der Waals surface area (Å²) in [5.74, 6) is -1.48. The molecule has 0 unspecified atom stereocenters. The van der Waals surface area contributed by atoms with Gasteiger partial charge in [0.05, 0.1) is 11.0 Å². The van der Waals surface area contributed by atoms with Crippen LogP contribution in [0.2, 0.25) is 0 Å². The van der Waals surface area contributed by atoms with E-state index in [9.17, 15) is 14.9 Å². The Balaban J connectivity index is 2.47. The molecule has 16 heavy (non-hydrogen) atoms. The molecule has 0 radical (unpaired) electrons. The molecule has 0 aliphatic heterocycles. The van der Waals surface area contributed by atoms with E-state index in [1.807, 2.05) is 0 Å². The zero-order valence-corrected chi connectivity index (χ0v) is 8.12. The molecule has 1 saturated carbocycles. The van der Waals surface area contributed by atoms with Crippen molar-refractivity contribution in [3.8, 4) is 5.75 Å². The number of carboxylic acids is 1. The molecule has 1 aliphatic carbocycles. The van der Waals surface area contributed by atoms with Crippen molar-refractivity contribution in [2.24, 2.45) is 0 Å². The van der Waals surface area contributed by atoms with Gasteiger partial charge in [-0.1, -0.05) is 0 Å². The van der Waals surface area contributed by atoms with E-state index in [1.54, 1.807) is 0 Å². The molecule has 1 aliphatic rings. The van der Waals surface area contributed by atoms with Crippen molar-refractivity contribution >= 4 is 11.7 Å². The first-order valence-corrected chi connectivity index (χ1v) is 4.62. The van der Waals surface area contributed by atoms with E-state index in [0.717, 1.165) is 25.2 Å². The highest BCUT2D eigenvalue weighted by atomic mass is 16.6. The Kier molecular flexibility index (Phi) is 2.43. The summed E-state index contributed by atoms with van der Waals surface area (Å²) in [6, 6.07) is 0. The van der Waals surface area contributed by atoms with Crippen molar-refractivity contribution in [1.82, 2.24) is 4.98 Å². The molecule has 1 fully saturated rings. The van der Waals surface area contributed by atoms with E-state index in [2.05, 4.69) is 4.98 Å². The number of aromatic carboxylic acids is 1. The fourth-order valence-corrected chi connectivity index (χ4v) is 1.20. The van der Waals surface area contributed by atoms with Gasteiger partial charge in [0, 0.05) is 6.20 Å². The summed E-state index contributed by atoms with van der Waals surface area (Å²) in [6.07, 6.45) is 3.51. The van der Waals surface area contributed by atoms with Gasteiger partial charge in [0.1, 0.15) is 11.8 Å². The smallest absolute Gasteiger partial charge is 0.341 e. The summed E-state index contributed by atoms with van der Waals surface area (Å²) in [7, 11) is 0. The van der Waals surface area contributed by atoms with Crippen molar-refractivity contribution < 1.29 is 19.6 Å². The van der Waals surface area contributed by atoms with Crippen LogP contribution in [0.5, 0.6) is 5.75 Å². The predicted molar refractivity (Wildman–Crippen MR) is 51.5 cm³/mol. The monoisotopic (exact) mass is 224 g/mol. The van der Waals surface area contributed by atoms with E-state index < -0.39 is 16.6 Å². The zero-order chi connectivity index (χ0) is 11.7. The SMILES string of the molecule is O=C(O)c1cncc([N+](=O)[O-])c1OC1CC1. The van der Waals surface area contributed by atoms with Crippen molar-refractivity contribution in [2.45, 2.75) is 18.9 Å². The number of hydrogen-bond acceptors (Lipinski definition) is 5. The second-order valence-electron chi connectivity index (χ2n) is 3.41. The van der Waals surface area contributed by atoms with Crippen LogP contribution in [0.1, 0.15) is 23.2 Å². The van der Waals surface area contributed by atoms with Gasteiger partial charge in [0.2, 0.25) is 5.75 Å². The lowest BCUT2D eigenvalue weighted by molar-refractivity contribution is -0.386. The first kappa shape index (κ1) is 10.3. The van der Waals surface area contributed by atoms with Gasteiger partial charge in [-0.25, -0.2) is 4.79 Å². The highest BCUT2D eigenvalue weighted by molar-refractivity contribution is 5.92. The van der Waals surface area contributed by atoms with Crippen LogP contribution in [-0.2, 0) is 0 Å². The second-order valence-corrected chi connectivity index (χ2v) is 3.41. The second kappa shape index (κ2) is 3.76. The lowest BCUT2D eigenvalue weighted by atomic mass is 10.2. The maximum Gasteiger partial charge on any atom is 0.341 e. The summed E-state index contributed by atoms with van der Waals surface area (Å²) in [4.78, 5) is 24.4. The highest BCUT2D eigenvalue weighted by Crippen LogP contribution is 2.35. The van der Waals surface area contributed by atoms with Gasteiger partial charge in [-0.3, -0.25) is 15.1 Å². The van der Waals surface area contributed by atoms with Crippen LogP contribution in [0.3, 0.4) is 0 Å². The summed E-state index contributed by atoms with van der Waals surface area (Å²) in [5.41, 5.74) is -0.687. The first-order chi connectivity index (χ1) is 7.59. The average Bonchev–Trinajstić information content (AvgIpc) is 3.01. The number of carbonyl (C=O) groups is 1. The minimum absolute atomic E-state index is 0.112. The number of nitrogens with zero attached hydrogens (tertiary/aromatic N) is 2. The van der Waals surface area contributed by atoms with Gasteiger partial charge < -0.3 is 9.84 Å². The lowest BCUT2D eigenvalue weighted by Gasteiger charge is -2.07. The molecule has 0 spiro atoms. The van der Waals surface area contributed by atoms with Gasteiger partial charge in [0.25, 0.3) is 0 Å². The Morgan fingerprint density at radius 2 is 2.25 bits per heavy atom. The van der Waals surface area contributed by atoms with E-state index in [1.165, 1.54) is 0 Å². The lowest BCUT2D eigenvalue weighted by Crippen LogP contribution is -2.08. The summed E-state index contributed by atoms with van der Waals surface area (Å²) < 4.78 is 5.25. The Hall–Kier alpha value is -2.18. The molecule has 0 bridgehead atoms. The van der Waals surface area contributed by atoms with Gasteiger partial charge in [-0.2, -0.15) is 0 Å². The van der Waals surface area contributed by atoms with E-state index >= 15 is 0 Å². The molecular weight excluding hydrogens is 216 g/mol. The third-order valence-corrected chi connectivity index (χ3v) is 2.11. The Labute approximate surface area is 89.8 Å². The third-order valence-electron chi connectivity index (χ3n) is 2.11. The van der Waals surface area contributed by atoms with Crippen LogP contribution >= 0.6 is 0 Å². The van der Waals surface area contributed by atoms with E-state index in [0.29, 0.717) is 0 Å². The predicted octanol–water partition coefficient (Wildman–Crippen LogP) is 1.23. The molecule has 0 amide bonds. The maximum atomic E-state index is 10.9. The van der Waals surface area contributed by atoms with E-state index in [-0.39, 0.29) is 17.4 Å². The normalized spacial score (nSPS) is 14.5. The number of rotatable bonds is 4. The van der Waals surface area contributed by atoms with Crippen molar-refractivity contribution in [2.75, 3.05) is 0 Å². The molecule has 84 valence electrons. The zero-order valence-electron chi connectivity index (χ0n) is 8.12. The summed E-state index contributed by atoms with van der Waals surface area (Å²) in [6.45, 7) is 0. The number of ether oxygens (including phenoxy) is 1. The molecule has 1 N–H and O–H groups in total. The van der Waals surface area contributed by atoms with Gasteiger partial charge in [-0.05, 0) is 12.8 Å². The highest BCUT2D eigenvalue weighted by Gasteiger charge is 2.31. The van der Waals surface area contributed by atoms with Crippen LogP contribution in [0, 0.1) is 10.1 Å². The standard InChI is InChI=1S/C9H8N2O5/c12-9(13)6-3-10-4-7(11(14)15)8(6)16-5-1-2-5/h3-5H,1-2H2,(H,12,13). The molecule has 7 nitrogen and oxygen atoms in total. The Morgan fingerprint density at radius 1 is 1.56 bits per heavy atom. The van der Waals surface area contributed by atoms with E-state index in [4.69, 9.17) is 9.84 Å². The molecule has 0 saturated heterocycles. The number of hydrogen-bond donors (Lipinski definition) is 1. The number of pyridine rings is 1. The third kappa shape index (κ3) is 1.92. The molecule has 0 atom stereocenters. The fourth-order valence-electron chi connectivity index (χ4n) is 1.20. The summed E-state index contributed by atoms with van der Waals surface area (Å²) in [5, 5.41) is 19.6. The van der Waals surface area contributed by atoms with Crippen LogP contribution in [0.25, 0.3) is 0 Å². The van der Waals surface area contributed by atoms with Crippen LogP contribution < -0.4 is 4.74 Å². The molecule has 0 aromatic carbocycles. The van der Waals surface area contributed by atoms with Gasteiger partial charge in [-0.15, -0.1) is 0 Å². The largest absolute Gasteiger partial charge is 0.483 e. The molecule has 1 aromatic rings. The minimum Gasteiger partial charge on any atom is -0.483 e.